The van der Waals surface area contributed by atoms with Crippen LogP contribution in [0.4, 0.5) is 0 Å². The average Bonchev–Trinajstić information content (AvgIpc) is 2.87. The highest BCUT2D eigenvalue weighted by molar-refractivity contribution is 5.86. The van der Waals surface area contributed by atoms with Crippen LogP contribution in [-0.4, -0.2) is 34.3 Å². The molecule has 0 unspecified atom stereocenters. The van der Waals surface area contributed by atoms with Gasteiger partial charge < -0.3 is 20.0 Å². The molecule has 2 aromatic rings. The van der Waals surface area contributed by atoms with Crippen molar-refractivity contribution in [2.75, 3.05) is 0 Å². The molecule has 6 nitrogen and oxygen atoms in total. The first-order chi connectivity index (χ1) is 17.2. The fourth-order valence-corrected chi connectivity index (χ4v) is 4.51. The molecule has 0 heterocycles. The van der Waals surface area contributed by atoms with E-state index < -0.39 is 17.1 Å². The number of aldehydes is 1. The Kier molecular flexibility index (Phi) is 9.68. The van der Waals surface area contributed by atoms with Crippen LogP contribution in [0.3, 0.4) is 0 Å². The molecule has 1 aliphatic rings. The standard InChI is InChI=1S/C30H40N2O4/c1-4-5-12-27(32-30(22-33)17-7-6-8-18-30)31-21-24-15-13-23(14-16-24)19-25-10-9-11-26(20-25)36-29(2,3)28(34)35/h9-11,13-16,20,22H,4-8,12,17-19,21H2,1-3H3,(H,31,32)(H,34,35). The molecule has 36 heavy (non-hydrogen) atoms. The predicted molar refractivity (Wildman–Crippen MR) is 144 cm³/mol. The van der Waals surface area contributed by atoms with Crippen molar-refractivity contribution in [1.29, 1.82) is 0 Å². The quantitative estimate of drug-likeness (QED) is 0.212. The van der Waals surface area contributed by atoms with E-state index in [0.717, 1.165) is 80.2 Å². The molecule has 1 fully saturated rings. The summed E-state index contributed by atoms with van der Waals surface area (Å²) in [5, 5.41) is 12.8. The Hall–Kier alpha value is -3.15. The highest BCUT2D eigenvalue weighted by Gasteiger charge is 2.32. The van der Waals surface area contributed by atoms with E-state index in [-0.39, 0.29) is 0 Å². The molecular formula is C30H40N2O4. The Morgan fingerprint density at radius 3 is 2.42 bits per heavy atom. The van der Waals surface area contributed by atoms with Crippen LogP contribution in [0.15, 0.2) is 53.5 Å². The van der Waals surface area contributed by atoms with Crippen LogP contribution in [0.2, 0.25) is 0 Å². The van der Waals surface area contributed by atoms with Crippen LogP contribution < -0.4 is 10.1 Å². The van der Waals surface area contributed by atoms with Gasteiger partial charge in [0.25, 0.3) is 0 Å². The fraction of sp³-hybridized carbons (Fsp3) is 0.500. The van der Waals surface area contributed by atoms with Gasteiger partial charge in [-0.2, -0.15) is 0 Å². The molecule has 0 atom stereocenters. The zero-order chi connectivity index (χ0) is 26.0. The first kappa shape index (κ1) is 27.4. The molecule has 0 aromatic heterocycles. The number of nitrogens with one attached hydrogen (secondary N) is 1. The number of aliphatic imine (C=N–C) groups is 1. The van der Waals surface area contributed by atoms with E-state index in [9.17, 15) is 14.7 Å². The SMILES string of the molecule is CCCCC(=NCc1ccc(Cc2cccc(OC(C)(C)C(=O)O)c2)cc1)NC1(C=O)CCCCC1. The summed E-state index contributed by atoms with van der Waals surface area (Å²) in [6.07, 6.45) is 9.96. The summed E-state index contributed by atoms with van der Waals surface area (Å²) in [7, 11) is 0. The van der Waals surface area contributed by atoms with E-state index in [0.29, 0.717) is 12.3 Å². The fourth-order valence-electron chi connectivity index (χ4n) is 4.51. The number of nitrogens with zero attached hydrogens (tertiary/aromatic N) is 1. The first-order valence-corrected chi connectivity index (χ1v) is 13.1. The minimum absolute atomic E-state index is 0.452. The lowest BCUT2D eigenvalue weighted by Crippen LogP contribution is -2.51. The molecule has 3 rings (SSSR count). The zero-order valence-corrected chi connectivity index (χ0v) is 21.9. The number of ether oxygens (including phenoxy) is 1. The van der Waals surface area contributed by atoms with Crippen molar-refractivity contribution >= 4 is 18.1 Å². The van der Waals surface area contributed by atoms with Gasteiger partial charge in [0.2, 0.25) is 0 Å². The molecule has 0 bridgehead atoms. The Labute approximate surface area is 215 Å². The van der Waals surface area contributed by atoms with Gasteiger partial charge in [-0.1, -0.05) is 69.0 Å². The largest absolute Gasteiger partial charge is 0.478 e. The van der Waals surface area contributed by atoms with Gasteiger partial charge in [0, 0.05) is 6.42 Å². The van der Waals surface area contributed by atoms with Crippen molar-refractivity contribution in [1.82, 2.24) is 5.32 Å². The normalized spacial score (nSPS) is 15.8. The molecule has 0 saturated heterocycles. The maximum atomic E-state index is 11.9. The molecular weight excluding hydrogens is 452 g/mol. The number of carboxylic acid groups (broad SMARTS) is 1. The molecule has 194 valence electrons. The third-order valence-electron chi connectivity index (χ3n) is 6.80. The van der Waals surface area contributed by atoms with Crippen LogP contribution in [0.5, 0.6) is 5.75 Å². The van der Waals surface area contributed by atoms with Crippen molar-refractivity contribution in [2.24, 2.45) is 4.99 Å². The summed E-state index contributed by atoms with van der Waals surface area (Å²) < 4.78 is 5.67. The van der Waals surface area contributed by atoms with Crippen molar-refractivity contribution < 1.29 is 19.4 Å². The number of rotatable bonds is 12. The van der Waals surface area contributed by atoms with Gasteiger partial charge in [-0.05, 0) is 68.4 Å². The maximum Gasteiger partial charge on any atom is 0.347 e. The number of carboxylic acids is 1. The molecule has 0 aliphatic heterocycles. The van der Waals surface area contributed by atoms with Gasteiger partial charge in [0.05, 0.1) is 17.9 Å². The molecule has 2 N–H and O–H groups in total. The molecule has 0 radical (unpaired) electrons. The van der Waals surface area contributed by atoms with Crippen LogP contribution in [-0.2, 0) is 22.6 Å². The second kappa shape index (κ2) is 12.7. The summed E-state index contributed by atoms with van der Waals surface area (Å²) in [5.41, 5.74) is 1.60. The lowest BCUT2D eigenvalue weighted by molar-refractivity contribution is -0.152. The minimum atomic E-state index is -1.28. The lowest BCUT2D eigenvalue weighted by atomic mass is 9.82. The molecule has 1 aliphatic carbocycles. The van der Waals surface area contributed by atoms with Gasteiger partial charge >= 0.3 is 5.97 Å². The molecule has 0 amide bonds. The number of amidine groups is 1. The maximum absolute atomic E-state index is 11.9. The predicted octanol–water partition coefficient (Wildman–Crippen LogP) is 6.10. The van der Waals surface area contributed by atoms with Crippen LogP contribution in [0.25, 0.3) is 0 Å². The van der Waals surface area contributed by atoms with Gasteiger partial charge in [0.1, 0.15) is 12.0 Å². The molecule has 2 aromatic carbocycles. The van der Waals surface area contributed by atoms with Crippen LogP contribution in [0, 0.1) is 0 Å². The number of carbonyl (C=O) groups is 2. The van der Waals surface area contributed by atoms with Gasteiger partial charge in [-0.15, -0.1) is 0 Å². The van der Waals surface area contributed by atoms with E-state index >= 15 is 0 Å². The number of aliphatic carboxylic acids is 1. The Bertz CT molecular complexity index is 1040. The number of unbranched alkanes of at least 4 members (excludes halogenated alkanes) is 1. The van der Waals surface area contributed by atoms with E-state index in [1.54, 1.807) is 19.9 Å². The van der Waals surface area contributed by atoms with Gasteiger partial charge in [-0.3, -0.25) is 4.99 Å². The number of hydrogen-bond donors (Lipinski definition) is 2. The monoisotopic (exact) mass is 492 g/mol. The van der Waals surface area contributed by atoms with E-state index in [2.05, 4.69) is 36.5 Å². The summed E-state index contributed by atoms with van der Waals surface area (Å²) in [5.74, 6) is 0.485. The zero-order valence-electron chi connectivity index (χ0n) is 21.9. The highest BCUT2D eigenvalue weighted by atomic mass is 16.5. The molecule has 1 saturated carbocycles. The van der Waals surface area contributed by atoms with Crippen LogP contribution >= 0.6 is 0 Å². The van der Waals surface area contributed by atoms with Gasteiger partial charge in [0.15, 0.2) is 5.60 Å². The number of hydrogen-bond acceptors (Lipinski definition) is 4. The third-order valence-corrected chi connectivity index (χ3v) is 6.80. The Morgan fingerprint density at radius 2 is 1.78 bits per heavy atom. The highest BCUT2D eigenvalue weighted by Crippen LogP contribution is 2.27. The minimum Gasteiger partial charge on any atom is -0.478 e. The molecule has 6 heteroatoms. The summed E-state index contributed by atoms with van der Waals surface area (Å²) >= 11 is 0. The second-order valence-electron chi connectivity index (χ2n) is 10.4. The smallest absolute Gasteiger partial charge is 0.347 e. The van der Waals surface area contributed by atoms with Crippen LogP contribution in [0.1, 0.15) is 88.8 Å². The Balaban J connectivity index is 1.64. The van der Waals surface area contributed by atoms with E-state index in [4.69, 9.17) is 9.73 Å². The van der Waals surface area contributed by atoms with E-state index in [1.165, 1.54) is 6.42 Å². The summed E-state index contributed by atoms with van der Waals surface area (Å²) in [6.45, 7) is 5.83. The van der Waals surface area contributed by atoms with Crippen molar-refractivity contribution in [3.05, 3.63) is 65.2 Å². The number of benzene rings is 2. The topological polar surface area (TPSA) is 88.0 Å². The third kappa shape index (κ3) is 7.94. The Morgan fingerprint density at radius 1 is 1.08 bits per heavy atom. The average molecular weight is 493 g/mol. The van der Waals surface area contributed by atoms with Crippen molar-refractivity contribution in [3.8, 4) is 5.75 Å². The van der Waals surface area contributed by atoms with E-state index in [1.807, 2.05) is 18.2 Å². The van der Waals surface area contributed by atoms with Crippen molar-refractivity contribution in [3.63, 3.8) is 0 Å². The summed E-state index contributed by atoms with van der Waals surface area (Å²) in [4.78, 5) is 28.2. The number of carbonyl (C=O) groups excluding carboxylic acids is 1. The van der Waals surface area contributed by atoms with Crippen molar-refractivity contribution in [2.45, 2.75) is 96.2 Å². The second-order valence-corrected chi connectivity index (χ2v) is 10.4. The summed E-state index contributed by atoms with van der Waals surface area (Å²) in [6, 6.07) is 16.0. The van der Waals surface area contributed by atoms with Gasteiger partial charge in [-0.25, -0.2) is 4.79 Å². The molecule has 0 spiro atoms. The lowest BCUT2D eigenvalue weighted by Gasteiger charge is -2.34. The first-order valence-electron chi connectivity index (χ1n) is 13.1.